The van der Waals surface area contributed by atoms with Crippen LogP contribution in [-0.2, 0) is 25.0 Å². The zero-order valence-corrected chi connectivity index (χ0v) is 19.6. The number of anilines is 2. The number of aryl methyl sites for hydroxylation is 1. The molecule has 3 heterocycles. The van der Waals surface area contributed by atoms with Crippen molar-refractivity contribution in [2.45, 2.75) is 43.9 Å². The van der Waals surface area contributed by atoms with E-state index in [2.05, 4.69) is 10.3 Å². The molecule has 0 unspecified atom stereocenters. The van der Waals surface area contributed by atoms with Gasteiger partial charge in [0, 0.05) is 31.5 Å². The van der Waals surface area contributed by atoms with Gasteiger partial charge >= 0.3 is 0 Å². The highest BCUT2D eigenvalue weighted by molar-refractivity contribution is 7.89. The van der Waals surface area contributed by atoms with Crippen LogP contribution in [0.15, 0.2) is 41.3 Å². The number of piperidine rings is 1. The third-order valence-electron chi connectivity index (χ3n) is 6.37. The molecule has 0 bridgehead atoms. The van der Waals surface area contributed by atoms with Crippen LogP contribution >= 0.6 is 0 Å². The van der Waals surface area contributed by atoms with Crippen molar-refractivity contribution in [1.29, 1.82) is 0 Å². The van der Waals surface area contributed by atoms with Gasteiger partial charge in [-0.2, -0.15) is 4.31 Å². The van der Waals surface area contributed by atoms with E-state index in [-0.39, 0.29) is 23.3 Å². The third kappa shape index (κ3) is 3.80. The first-order chi connectivity index (χ1) is 15.0. The van der Waals surface area contributed by atoms with Gasteiger partial charge in [0.15, 0.2) is 0 Å². The normalized spacial score (nSPS) is 20.8. The van der Waals surface area contributed by atoms with Crippen LogP contribution in [0.5, 0.6) is 0 Å². The molecular formula is C23H28N4O4S. The Morgan fingerprint density at radius 3 is 2.69 bits per heavy atom. The number of amides is 2. The molecule has 9 heteroatoms. The number of nitrogens with zero attached hydrogens (tertiary/aromatic N) is 3. The molecule has 1 aromatic heterocycles. The molecule has 170 valence electrons. The van der Waals surface area contributed by atoms with Crippen molar-refractivity contribution < 1.29 is 18.0 Å². The predicted octanol–water partition coefficient (Wildman–Crippen LogP) is 2.68. The van der Waals surface area contributed by atoms with Gasteiger partial charge in [0.1, 0.15) is 5.82 Å². The van der Waals surface area contributed by atoms with Crippen LogP contribution in [0, 0.1) is 12.8 Å². The minimum Gasteiger partial charge on any atom is -0.314 e. The topological polar surface area (TPSA) is 99.7 Å². The van der Waals surface area contributed by atoms with Crippen LogP contribution in [0.4, 0.5) is 11.5 Å². The largest absolute Gasteiger partial charge is 0.314 e. The second-order valence-electron chi connectivity index (χ2n) is 9.02. The highest BCUT2D eigenvalue weighted by Gasteiger charge is 2.43. The van der Waals surface area contributed by atoms with Crippen molar-refractivity contribution in [3.8, 4) is 0 Å². The number of carbonyl (C=O) groups is 2. The number of pyridine rings is 1. The average Bonchev–Trinajstić information content (AvgIpc) is 2.94. The molecule has 2 aliphatic rings. The van der Waals surface area contributed by atoms with Crippen LogP contribution in [0.25, 0.3) is 0 Å². The summed E-state index contributed by atoms with van der Waals surface area (Å²) >= 11 is 0. The molecule has 1 atom stereocenters. The number of fused-ring (bicyclic) bond motifs is 1. The summed E-state index contributed by atoms with van der Waals surface area (Å²) in [5.74, 6) is -0.296. The molecule has 0 radical (unpaired) electrons. The molecule has 1 saturated heterocycles. The van der Waals surface area contributed by atoms with Crippen molar-refractivity contribution in [2.75, 3.05) is 30.4 Å². The molecule has 2 aliphatic heterocycles. The molecule has 2 aromatic rings. The van der Waals surface area contributed by atoms with Gasteiger partial charge in [0.2, 0.25) is 21.8 Å². The summed E-state index contributed by atoms with van der Waals surface area (Å²) in [5, 5.41) is 2.80. The SMILES string of the molecule is Cc1cccc(NC(=O)[C@H]2CCCN(S(=O)(=O)c3ccc4c(c3)C(C)(C)C(=O)N4C)C2)n1. The lowest BCUT2D eigenvalue weighted by Gasteiger charge is -2.31. The molecule has 1 aromatic carbocycles. The molecule has 0 aliphatic carbocycles. The highest BCUT2D eigenvalue weighted by atomic mass is 32.2. The fraction of sp³-hybridized carbons (Fsp3) is 0.435. The van der Waals surface area contributed by atoms with Crippen LogP contribution < -0.4 is 10.2 Å². The third-order valence-corrected chi connectivity index (χ3v) is 8.24. The van der Waals surface area contributed by atoms with Crippen molar-refractivity contribution in [1.82, 2.24) is 9.29 Å². The zero-order chi connectivity index (χ0) is 23.3. The van der Waals surface area contributed by atoms with E-state index in [1.165, 1.54) is 4.31 Å². The fourth-order valence-corrected chi connectivity index (χ4v) is 6.03. The Hall–Kier alpha value is -2.78. The number of rotatable bonds is 4. The van der Waals surface area contributed by atoms with Crippen LogP contribution in [0.3, 0.4) is 0 Å². The van der Waals surface area contributed by atoms with Crippen LogP contribution in [0.1, 0.15) is 37.9 Å². The van der Waals surface area contributed by atoms with Gasteiger partial charge in [-0.05, 0) is 69.5 Å². The number of benzene rings is 1. The van der Waals surface area contributed by atoms with Crippen molar-refractivity contribution in [3.05, 3.63) is 47.7 Å². The second-order valence-corrected chi connectivity index (χ2v) is 11.0. The number of aromatic nitrogens is 1. The van der Waals surface area contributed by atoms with E-state index in [0.717, 1.165) is 11.4 Å². The first-order valence-electron chi connectivity index (χ1n) is 10.7. The highest BCUT2D eigenvalue weighted by Crippen LogP contribution is 2.42. The van der Waals surface area contributed by atoms with Gasteiger partial charge in [0.05, 0.1) is 16.2 Å². The van der Waals surface area contributed by atoms with Crippen LogP contribution in [-0.4, -0.2) is 49.7 Å². The summed E-state index contributed by atoms with van der Waals surface area (Å²) < 4.78 is 28.2. The quantitative estimate of drug-likeness (QED) is 0.763. The molecule has 1 fully saturated rings. The van der Waals surface area contributed by atoms with E-state index in [1.54, 1.807) is 50.1 Å². The maximum absolute atomic E-state index is 13.4. The van der Waals surface area contributed by atoms with Gasteiger partial charge in [0.25, 0.3) is 0 Å². The van der Waals surface area contributed by atoms with Crippen LogP contribution in [0.2, 0.25) is 0 Å². The minimum atomic E-state index is -3.81. The maximum atomic E-state index is 13.4. The number of carbonyl (C=O) groups excluding carboxylic acids is 2. The van der Waals surface area contributed by atoms with E-state index < -0.39 is 21.4 Å². The Morgan fingerprint density at radius 1 is 1.22 bits per heavy atom. The van der Waals surface area contributed by atoms with Gasteiger partial charge in [-0.3, -0.25) is 9.59 Å². The average molecular weight is 457 g/mol. The van der Waals surface area contributed by atoms with E-state index in [0.29, 0.717) is 30.8 Å². The van der Waals surface area contributed by atoms with E-state index >= 15 is 0 Å². The summed E-state index contributed by atoms with van der Waals surface area (Å²) in [6.45, 7) is 5.91. The smallest absolute Gasteiger partial charge is 0.243 e. The summed E-state index contributed by atoms with van der Waals surface area (Å²) in [6.07, 6.45) is 1.20. The summed E-state index contributed by atoms with van der Waals surface area (Å²) in [7, 11) is -2.11. The maximum Gasteiger partial charge on any atom is 0.243 e. The van der Waals surface area contributed by atoms with E-state index in [4.69, 9.17) is 0 Å². The summed E-state index contributed by atoms with van der Waals surface area (Å²) in [4.78, 5) is 31.3. The molecular weight excluding hydrogens is 428 g/mol. The Labute approximate surface area is 188 Å². The molecule has 32 heavy (non-hydrogen) atoms. The van der Waals surface area contributed by atoms with Crippen molar-refractivity contribution in [2.24, 2.45) is 5.92 Å². The van der Waals surface area contributed by atoms with Crippen molar-refractivity contribution in [3.63, 3.8) is 0 Å². The monoisotopic (exact) mass is 456 g/mol. The zero-order valence-electron chi connectivity index (χ0n) is 18.8. The summed E-state index contributed by atoms with van der Waals surface area (Å²) in [6, 6.07) is 10.2. The molecule has 4 rings (SSSR count). The lowest BCUT2D eigenvalue weighted by atomic mass is 9.86. The Morgan fingerprint density at radius 2 is 1.97 bits per heavy atom. The lowest BCUT2D eigenvalue weighted by molar-refractivity contribution is -0.122. The molecule has 0 saturated carbocycles. The first kappa shape index (κ1) is 22.4. The minimum absolute atomic E-state index is 0.0680. The second kappa shape index (κ2) is 7.97. The van der Waals surface area contributed by atoms with E-state index in [1.807, 2.05) is 19.1 Å². The molecule has 0 spiro atoms. The number of hydrogen-bond donors (Lipinski definition) is 1. The molecule has 2 amide bonds. The Kier molecular flexibility index (Phi) is 5.58. The number of nitrogens with one attached hydrogen (secondary N) is 1. The van der Waals surface area contributed by atoms with Gasteiger partial charge in [-0.25, -0.2) is 13.4 Å². The number of hydrogen-bond acceptors (Lipinski definition) is 5. The molecule has 8 nitrogen and oxygen atoms in total. The Balaban J connectivity index is 1.55. The van der Waals surface area contributed by atoms with Gasteiger partial charge in [-0.1, -0.05) is 6.07 Å². The number of sulfonamides is 1. The fourth-order valence-electron chi connectivity index (χ4n) is 4.48. The standard InChI is InChI=1S/C23H28N4O4S/c1-15-7-5-9-20(24-15)25-21(28)16-8-6-12-27(14-16)32(30,31)17-10-11-19-18(13-17)23(2,3)22(29)26(19)4/h5,7,9-11,13,16H,6,8,12,14H2,1-4H3,(H,24,25,28)/t16-/m0/s1. The molecule has 1 N–H and O–H groups in total. The van der Waals surface area contributed by atoms with Gasteiger partial charge in [-0.15, -0.1) is 0 Å². The van der Waals surface area contributed by atoms with Gasteiger partial charge < -0.3 is 10.2 Å². The Bertz CT molecular complexity index is 1190. The summed E-state index contributed by atoms with van der Waals surface area (Å²) in [5.41, 5.74) is 1.42. The van der Waals surface area contributed by atoms with Crippen molar-refractivity contribution >= 4 is 33.3 Å². The van der Waals surface area contributed by atoms with E-state index in [9.17, 15) is 18.0 Å². The number of likely N-dealkylation sites (N-methyl/N-ethyl adjacent to an activating group) is 1. The first-order valence-corrected chi connectivity index (χ1v) is 12.1. The lowest BCUT2D eigenvalue weighted by Crippen LogP contribution is -2.43. The predicted molar refractivity (Wildman–Crippen MR) is 122 cm³/mol.